The van der Waals surface area contributed by atoms with E-state index in [1.807, 2.05) is 0 Å². The first-order valence-corrected chi connectivity index (χ1v) is 8.27. The molecule has 8 heteroatoms. The van der Waals surface area contributed by atoms with Gasteiger partial charge in [0.2, 0.25) is 0 Å². The Labute approximate surface area is 149 Å². The number of aromatic nitrogens is 2. The molecule has 2 heterocycles. The predicted molar refractivity (Wildman–Crippen MR) is 89.0 cm³/mol. The lowest BCUT2D eigenvalue weighted by Gasteiger charge is -2.27. The Morgan fingerprint density at radius 3 is 2.84 bits per heavy atom. The molecule has 0 spiro atoms. The van der Waals surface area contributed by atoms with Crippen molar-refractivity contribution in [2.24, 2.45) is 7.05 Å². The molecule has 25 heavy (non-hydrogen) atoms. The molecule has 1 aromatic heterocycles. The summed E-state index contributed by atoms with van der Waals surface area (Å²) in [5.41, 5.74) is 1.53. The highest BCUT2D eigenvalue weighted by Gasteiger charge is 2.31. The van der Waals surface area contributed by atoms with E-state index in [1.165, 1.54) is 27.8 Å². The van der Waals surface area contributed by atoms with Gasteiger partial charge < -0.3 is 9.64 Å². The zero-order chi connectivity index (χ0) is 18.1. The number of halogens is 2. The Bertz CT molecular complexity index is 830. The molecule has 0 unspecified atom stereocenters. The number of nitrogens with zero attached hydrogens (tertiary/aromatic N) is 3. The fourth-order valence-corrected chi connectivity index (χ4v) is 3.23. The maximum atomic E-state index is 14.0. The van der Waals surface area contributed by atoms with Gasteiger partial charge in [0, 0.05) is 25.6 Å². The topological polar surface area (TPSA) is 64.4 Å². The minimum atomic E-state index is -0.667. The largest absolute Gasteiger partial charge is 0.461 e. The lowest BCUT2D eigenvalue weighted by atomic mass is 10.0. The lowest BCUT2D eigenvalue weighted by molar-refractivity contribution is 0.0508. The van der Waals surface area contributed by atoms with E-state index in [0.29, 0.717) is 24.2 Å². The molecule has 132 valence electrons. The summed E-state index contributed by atoms with van der Waals surface area (Å²) in [6.45, 7) is 2.49. The minimum Gasteiger partial charge on any atom is -0.461 e. The van der Waals surface area contributed by atoms with Crippen LogP contribution in [-0.4, -0.2) is 39.7 Å². The van der Waals surface area contributed by atoms with E-state index < -0.39 is 17.7 Å². The van der Waals surface area contributed by atoms with Crippen LogP contribution in [0.5, 0.6) is 0 Å². The molecule has 0 atom stereocenters. The Hall–Kier alpha value is -2.41. The number of esters is 1. The van der Waals surface area contributed by atoms with Crippen LogP contribution in [0.25, 0.3) is 0 Å². The van der Waals surface area contributed by atoms with Crippen LogP contribution in [0.1, 0.15) is 39.0 Å². The Morgan fingerprint density at radius 2 is 2.16 bits per heavy atom. The van der Waals surface area contributed by atoms with Crippen molar-refractivity contribution in [2.75, 3.05) is 13.2 Å². The maximum Gasteiger partial charge on any atom is 0.356 e. The van der Waals surface area contributed by atoms with Gasteiger partial charge >= 0.3 is 5.97 Å². The van der Waals surface area contributed by atoms with Gasteiger partial charge in [-0.05, 0) is 19.1 Å². The molecule has 1 aliphatic heterocycles. The molecule has 0 aliphatic carbocycles. The third-order valence-corrected chi connectivity index (χ3v) is 4.44. The number of rotatable bonds is 3. The molecule has 1 aliphatic rings. The second-order valence-electron chi connectivity index (χ2n) is 5.69. The molecule has 6 nitrogen and oxygen atoms in total. The lowest BCUT2D eigenvalue weighted by Crippen LogP contribution is -2.37. The van der Waals surface area contributed by atoms with Gasteiger partial charge in [0.25, 0.3) is 5.91 Å². The molecule has 0 N–H and O–H groups in total. The van der Waals surface area contributed by atoms with Gasteiger partial charge in [0.1, 0.15) is 5.82 Å². The summed E-state index contributed by atoms with van der Waals surface area (Å²) in [5, 5.41) is 4.40. The van der Waals surface area contributed by atoms with Gasteiger partial charge in [0.05, 0.1) is 29.4 Å². The summed E-state index contributed by atoms with van der Waals surface area (Å²) in [7, 11) is 1.66. The summed E-state index contributed by atoms with van der Waals surface area (Å²) in [6.07, 6.45) is 0.473. The number of ether oxygens (including phenoxy) is 1. The first kappa shape index (κ1) is 17.4. The molecule has 0 saturated heterocycles. The fourth-order valence-electron chi connectivity index (χ4n) is 2.99. The van der Waals surface area contributed by atoms with Crippen molar-refractivity contribution in [3.8, 4) is 0 Å². The van der Waals surface area contributed by atoms with Crippen LogP contribution in [-0.2, 0) is 24.8 Å². The summed E-state index contributed by atoms with van der Waals surface area (Å²) in [6, 6.07) is 4.12. The van der Waals surface area contributed by atoms with Crippen molar-refractivity contribution in [3.63, 3.8) is 0 Å². The maximum absolute atomic E-state index is 14.0. The predicted octanol–water partition coefficient (Wildman–Crippen LogP) is 2.59. The zero-order valence-electron chi connectivity index (χ0n) is 13.9. The average Bonchev–Trinajstić information content (AvgIpc) is 2.89. The average molecular weight is 366 g/mol. The number of carbonyl (C=O) groups is 2. The van der Waals surface area contributed by atoms with E-state index in [0.717, 1.165) is 5.69 Å². The highest BCUT2D eigenvalue weighted by molar-refractivity contribution is 6.33. The van der Waals surface area contributed by atoms with Crippen LogP contribution in [0, 0.1) is 5.82 Å². The summed E-state index contributed by atoms with van der Waals surface area (Å²) < 4.78 is 20.6. The second kappa shape index (κ2) is 6.84. The normalized spacial score (nSPS) is 13.5. The molecule has 1 aromatic carbocycles. The van der Waals surface area contributed by atoms with Gasteiger partial charge in [-0.2, -0.15) is 5.10 Å². The molecular formula is C17H17ClFN3O3. The van der Waals surface area contributed by atoms with Crippen LogP contribution in [0.2, 0.25) is 5.02 Å². The zero-order valence-corrected chi connectivity index (χ0v) is 14.6. The number of benzene rings is 1. The smallest absolute Gasteiger partial charge is 0.356 e. The van der Waals surface area contributed by atoms with Crippen LogP contribution < -0.4 is 0 Å². The van der Waals surface area contributed by atoms with Crippen LogP contribution in [0.15, 0.2) is 18.2 Å². The van der Waals surface area contributed by atoms with E-state index in [4.69, 9.17) is 16.3 Å². The van der Waals surface area contributed by atoms with Crippen molar-refractivity contribution >= 4 is 23.5 Å². The number of hydrogen-bond acceptors (Lipinski definition) is 4. The van der Waals surface area contributed by atoms with Gasteiger partial charge in [-0.1, -0.05) is 17.7 Å². The molecular weight excluding hydrogens is 349 g/mol. The van der Waals surface area contributed by atoms with Crippen molar-refractivity contribution < 1.29 is 18.7 Å². The number of carbonyl (C=O) groups excluding carboxylic acids is 2. The van der Waals surface area contributed by atoms with Crippen LogP contribution in [0.3, 0.4) is 0 Å². The summed E-state index contributed by atoms with van der Waals surface area (Å²) >= 11 is 5.99. The summed E-state index contributed by atoms with van der Waals surface area (Å²) in [4.78, 5) is 26.4. The van der Waals surface area contributed by atoms with Crippen molar-refractivity contribution in [1.82, 2.24) is 14.7 Å². The standard InChI is InChI=1S/C17H17ClFN3O3/c1-3-25-17(24)15-10-9-22(8-7-13(10)20-21(15)2)16(23)14-11(18)5-4-6-12(14)19/h4-6H,3,7-9H2,1-2H3. The molecule has 0 saturated carbocycles. The molecule has 2 aromatic rings. The van der Waals surface area contributed by atoms with Gasteiger partial charge in [0.15, 0.2) is 5.69 Å². The highest BCUT2D eigenvalue weighted by atomic mass is 35.5. The van der Waals surface area contributed by atoms with Crippen molar-refractivity contribution in [2.45, 2.75) is 19.9 Å². The third kappa shape index (κ3) is 3.11. The highest BCUT2D eigenvalue weighted by Crippen LogP contribution is 2.26. The van der Waals surface area contributed by atoms with Gasteiger partial charge in [-0.25, -0.2) is 9.18 Å². The van der Waals surface area contributed by atoms with Crippen molar-refractivity contribution in [1.29, 1.82) is 0 Å². The number of aryl methyl sites for hydroxylation is 1. The molecule has 3 rings (SSSR count). The van der Waals surface area contributed by atoms with Gasteiger partial charge in [-0.3, -0.25) is 9.48 Å². The van der Waals surface area contributed by atoms with E-state index in [9.17, 15) is 14.0 Å². The second-order valence-corrected chi connectivity index (χ2v) is 6.10. The van der Waals surface area contributed by atoms with E-state index in [1.54, 1.807) is 14.0 Å². The number of amides is 1. The third-order valence-electron chi connectivity index (χ3n) is 4.13. The van der Waals surface area contributed by atoms with Crippen molar-refractivity contribution in [3.05, 3.63) is 51.6 Å². The Kier molecular flexibility index (Phi) is 4.76. The minimum absolute atomic E-state index is 0.0626. The quantitative estimate of drug-likeness (QED) is 0.784. The first-order valence-electron chi connectivity index (χ1n) is 7.89. The number of hydrogen-bond donors (Lipinski definition) is 0. The fraction of sp³-hybridized carbons (Fsp3) is 0.353. The molecule has 0 fully saturated rings. The van der Waals surface area contributed by atoms with E-state index >= 15 is 0 Å². The Morgan fingerprint density at radius 1 is 1.40 bits per heavy atom. The monoisotopic (exact) mass is 365 g/mol. The summed E-state index contributed by atoms with van der Waals surface area (Å²) in [5.74, 6) is -1.66. The molecule has 0 radical (unpaired) electrons. The van der Waals surface area contributed by atoms with Gasteiger partial charge in [-0.15, -0.1) is 0 Å². The SMILES string of the molecule is CCOC(=O)c1c2c(nn1C)CCN(C(=O)c1c(F)cccc1Cl)C2. The van der Waals surface area contributed by atoms with E-state index in [2.05, 4.69) is 5.10 Å². The Balaban J connectivity index is 1.93. The van der Waals surface area contributed by atoms with Crippen LogP contribution in [0.4, 0.5) is 4.39 Å². The first-order chi connectivity index (χ1) is 11.9. The van der Waals surface area contributed by atoms with Crippen LogP contribution >= 0.6 is 11.6 Å². The molecule has 1 amide bonds. The number of fused-ring (bicyclic) bond motifs is 1. The van der Waals surface area contributed by atoms with E-state index in [-0.39, 0.29) is 23.7 Å². The molecule has 0 bridgehead atoms.